The van der Waals surface area contributed by atoms with Crippen molar-refractivity contribution in [1.82, 2.24) is 9.97 Å². The topological polar surface area (TPSA) is 76.5 Å². The molecule has 5 aromatic rings. The van der Waals surface area contributed by atoms with Crippen LogP contribution in [0.4, 0.5) is 19.0 Å². The van der Waals surface area contributed by atoms with E-state index in [1.54, 1.807) is 6.07 Å². The second-order valence-corrected chi connectivity index (χ2v) is 10.8. The van der Waals surface area contributed by atoms with Gasteiger partial charge in [0, 0.05) is 27.9 Å². The number of rotatable bonds is 12. The maximum atomic E-state index is 13.3. The van der Waals surface area contributed by atoms with Gasteiger partial charge in [-0.15, -0.1) is 0 Å². The number of alkyl halides is 3. The Balaban J connectivity index is 1.54. The van der Waals surface area contributed by atoms with E-state index in [2.05, 4.69) is 15.3 Å². The summed E-state index contributed by atoms with van der Waals surface area (Å²) in [4.78, 5) is 9.13. The molecule has 11 heteroatoms. The Morgan fingerprint density at radius 1 is 0.773 bits per heavy atom. The summed E-state index contributed by atoms with van der Waals surface area (Å²) in [5.74, 6) is 0.205. The Morgan fingerprint density at radius 3 is 2.07 bits per heavy atom. The zero-order valence-electron chi connectivity index (χ0n) is 23.3. The van der Waals surface area contributed by atoms with Crippen molar-refractivity contribution >= 4 is 39.9 Å². The van der Waals surface area contributed by atoms with E-state index in [4.69, 9.17) is 37.8 Å². The molecule has 1 aromatic heterocycles. The minimum absolute atomic E-state index is 0.0799. The Kier molecular flexibility index (Phi) is 10.2. The molecule has 228 valence electrons. The van der Waals surface area contributed by atoms with Crippen molar-refractivity contribution in [2.24, 2.45) is 0 Å². The summed E-state index contributed by atoms with van der Waals surface area (Å²) in [5.41, 5.74) is 3.21. The standard InChI is InChI=1S/C33H28Cl2F3N3O3/c34-26-9-4-22(5-10-26)30(23-6-11-27(35)12-7-23)24-8-13-29-28(19-24)31(41-32(40-29)44-17-16-43-15-14-42)39-20-21-2-1-3-25(18-21)33(36,37)38/h1-13,18-19,30,42H,14-17,20H2,(H,39,40,41). The van der Waals surface area contributed by atoms with Crippen molar-refractivity contribution in [3.63, 3.8) is 0 Å². The van der Waals surface area contributed by atoms with Crippen LogP contribution in [0.15, 0.2) is 91.0 Å². The number of benzene rings is 4. The minimum Gasteiger partial charge on any atom is -0.461 e. The molecule has 44 heavy (non-hydrogen) atoms. The number of anilines is 1. The summed E-state index contributed by atoms with van der Waals surface area (Å²) in [6, 6.07) is 26.2. The van der Waals surface area contributed by atoms with E-state index in [0.29, 0.717) is 32.3 Å². The molecule has 0 saturated carbocycles. The molecule has 0 atom stereocenters. The quantitative estimate of drug-likeness (QED) is 0.106. The van der Waals surface area contributed by atoms with E-state index in [0.717, 1.165) is 28.8 Å². The maximum absolute atomic E-state index is 13.3. The number of aliphatic hydroxyl groups excluding tert-OH is 1. The highest BCUT2D eigenvalue weighted by Crippen LogP contribution is 2.36. The molecule has 0 unspecified atom stereocenters. The van der Waals surface area contributed by atoms with Crippen LogP contribution in [-0.2, 0) is 17.5 Å². The lowest BCUT2D eigenvalue weighted by atomic mass is 9.85. The zero-order chi connectivity index (χ0) is 31.1. The number of hydrogen-bond donors (Lipinski definition) is 2. The Hall–Kier alpha value is -3.89. The Morgan fingerprint density at radius 2 is 1.43 bits per heavy atom. The van der Waals surface area contributed by atoms with E-state index >= 15 is 0 Å². The van der Waals surface area contributed by atoms with Crippen molar-refractivity contribution in [2.45, 2.75) is 18.6 Å². The summed E-state index contributed by atoms with van der Waals surface area (Å²) in [7, 11) is 0. The van der Waals surface area contributed by atoms with Gasteiger partial charge in [-0.3, -0.25) is 0 Å². The van der Waals surface area contributed by atoms with Gasteiger partial charge in [-0.25, -0.2) is 0 Å². The van der Waals surface area contributed by atoms with Crippen LogP contribution in [0.25, 0.3) is 10.9 Å². The first-order chi connectivity index (χ1) is 21.2. The van der Waals surface area contributed by atoms with Crippen molar-refractivity contribution in [3.05, 3.63) is 129 Å². The molecular formula is C33H28Cl2F3N3O3. The van der Waals surface area contributed by atoms with E-state index in [-0.39, 0.29) is 44.9 Å². The number of ether oxygens (including phenoxy) is 2. The second-order valence-electron chi connectivity index (χ2n) is 9.90. The fourth-order valence-electron chi connectivity index (χ4n) is 4.79. The first-order valence-corrected chi connectivity index (χ1v) is 14.5. The van der Waals surface area contributed by atoms with E-state index < -0.39 is 11.7 Å². The molecule has 5 rings (SSSR count). The lowest BCUT2D eigenvalue weighted by Gasteiger charge is -2.20. The monoisotopic (exact) mass is 641 g/mol. The average Bonchev–Trinajstić information content (AvgIpc) is 3.01. The van der Waals surface area contributed by atoms with Crippen LogP contribution in [0.2, 0.25) is 10.0 Å². The largest absolute Gasteiger partial charge is 0.461 e. The van der Waals surface area contributed by atoms with E-state index in [9.17, 15) is 13.2 Å². The lowest BCUT2D eigenvalue weighted by Crippen LogP contribution is -2.12. The second kappa shape index (κ2) is 14.3. The molecule has 4 aromatic carbocycles. The lowest BCUT2D eigenvalue weighted by molar-refractivity contribution is -0.137. The number of hydrogen-bond acceptors (Lipinski definition) is 6. The summed E-state index contributed by atoms with van der Waals surface area (Å²) >= 11 is 12.4. The molecule has 0 aliphatic carbocycles. The van der Waals surface area contributed by atoms with Gasteiger partial charge in [-0.1, -0.05) is 65.7 Å². The predicted octanol–water partition coefficient (Wildman–Crippen LogP) is 8.14. The van der Waals surface area contributed by atoms with Gasteiger partial charge in [-0.2, -0.15) is 23.1 Å². The number of halogens is 5. The first-order valence-electron chi connectivity index (χ1n) is 13.8. The zero-order valence-corrected chi connectivity index (χ0v) is 24.8. The molecule has 1 heterocycles. The smallest absolute Gasteiger partial charge is 0.416 e. The summed E-state index contributed by atoms with van der Waals surface area (Å²) in [6.07, 6.45) is -4.45. The van der Waals surface area contributed by atoms with Gasteiger partial charge >= 0.3 is 12.2 Å². The first kappa shape index (κ1) is 31.5. The molecular weight excluding hydrogens is 614 g/mol. The Labute approximate surface area is 262 Å². The summed E-state index contributed by atoms with van der Waals surface area (Å²) < 4.78 is 51.0. The van der Waals surface area contributed by atoms with Crippen LogP contribution in [0, 0.1) is 0 Å². The fourth-order valence-corrected chi connectivity index (χ4v) is 5.05. The number of fused-ring (bicyclic) bond motifs is 1. The molecule has 0 saturated heterocycles. The van der Waals surface area contributed by atoms with Crippen LogP contribution in [0.5, 0.6) is 6.01 Å². The van der Waals surface area contributed by atoms with Gasteiger partial charge in [0.2, 0.25) is 0 Å². The predicted molar refractivity (Wildman–Crippen MR) is 166 cm³/mol. The maximum Gasteiger partial charge on any atom is 0.416 e. The Bertz CT molecular complexity index is 1660. The third-order valence-corrected chi connectivity index (χ3v) is 7.35. The van der Waals surface area contributed by atoms with Crippen molar-refractivity contribution < 1.29 is 27.8 Å². The minimum atomic E-state index is -4.45. The van der Waals surface area contributed by atoms with E-state index in [1.165, 1.54) is 6.07 Å². The SMILES string of the molecule is OCCOCCOc1nc(NCc2cccc(C(F)(F)F)c2)c2cc(C(c3ccc(Cl)cc3)c3ccc(Cl)cc3)ccc2n1. The molecule has 0 amide bonds. The average molecular weight is 643 g/mol. The molecule has 0 bridgehead atoms. The normalized spacial score (nSPS) is 11.7. The highest BCUT2D eigenvalue weighted by atomic mass is 35.5. The highest BCUT2D eigenvalue weighted by Gasteiger charge is 2.30. The van der Waals surface area contributed by atoms with Gasteiger partial charge in [0.05, 0.1) is 30.9 Å². The summed E-state index contributed by atoms with van der Waals surface area (Å²) in [5, 5.41) is 14.0. The number of aliphatic hydroxyl groups is 1. The van der Waals surface area contributed by atoms with Crippen molar-refractivity contribution in [2.75, 3.05) is 31.7 Å². The third-order valence-electron chi connectivity index (χ3n) is 6.85. The highest BCUT2D eigenvalue weighted by molar-refractivity contribution is 6.30. The number of nitrogens with zero attached hydrogens (tertiary/aromatic N) is 2. The third kappa shape index (κ3) is 7.98. The van der Waals surface area contributed by atoms with Crippen molar-refractivity contribution in [1.29, 1.82) is 0 Å². The van der Waals surface area contributed by atoms with Crippen LogP contribution in [0.3, 0.4) is 0 Å². The van der Waals surface area contributed by atoms with Gasteiger partial charge in [0.25, 0.3) is 0 Å². The molecule has 0 radical (unpaired) electrons. The molecule has 0 spiro atoms. The molecule has 0 fully saturated rings. The molecule has 2 N–H and O–H groups in total. The molecule has 6 nitrogen and oxygen atoms in total. The number of aromatic nitrogens is 2. The van der Waals surface area contributed by atoms with Crippen LogP contribution >= 0.6 is 23.2 Å². The fraction of sp³-hybridized carbons (Fsp3) is 0.212. The molecule has 0 aliphatic rings. The van der Waals surface area contributed by atoms with Crippen LogP contribution < -0.4 is 10.1 Å². The molecule has 0 aliphatic heterocycles. The summed E-state index contributed by atoms with van der Waals surface area (Å²) in [6.45, 7) is 0.517. The van der Waals surface area contributed by atoms with Gasteiger partial charge < -0.3 is 19.9 Å². The number of nitrogens with one attached hydrogen (secondary N) is 1. The van der Waals surface area contributed by atoms with Crippen LogP contribution in [0.1, 0.15) is 33.7 Å². The van der Waals surface area contributed by atoms with Gasteiger partial charge in [-0.05, 0) is 70.8 Å². The van der Waals surface area contributed by atoms with Gasteiger partial charge in [0.15, 0.2) is 0 Å². The van der Waals surface area contributed by atoms with E-state index in [1.807, 2.05) is 66.7 Å². The van der Waals surface area contributed by atoms with Crippen LogP contribution in [-0.4, -0.2) is 41.5 Å². The van der Waals surface area contributed by atoms with Gasteiger partial charge in [0.1, 0.15) is 12.4 Å². The van der Waals surface area contributed by atoms with Crippen molar-refractivity contribution in [3.8, 4) is 6.01 Å².